The fourth-order valence-corrected chi connectivity index (χ4v) is 18.8. The van der Waals surface area contributed by atoms with E-state index in [9.17, 15) is 28.8 Å². The van der Waals surface area contributed by atoms with Crippen molar-refractivity contribution in [1.29, 1.82) is 0 Å². The van der Waals surface area contributed by atoms with Gasteiger partial charge in [0.25, 0.3) is 0 Å². The highest BCUT2D eigenvalue weighted by molar-refractivity contribution is 6.71. The number of carbonyl (C=O) groups is 6. The first kappa shape index (κ1) is 110. The Hall–Kier alpha value is -2.36. The molecule has 0 aromatic heterocycles. The summed E-state index contributed by atoms with van der Waals surface area (Å²) in [6.45, 7) is 71.1. The molecule has 3 unspecified atom stereocenters. The summed E-state index contributed by atoms with van der Waals surface area (Å²) < 4.78 is 99.3. The van der Waals surface area contributed by atoms with Crippen LogP contribution in [0.3, 0.4) is 0 Å². The van der Waals surface area contributed by atoms with E-state index in [1.165, 1.54) is 0 Å². The van der Waals surface area contributed by atoms with Crippen molar-refractivity contribution in [2.45, 2.75) is 277 Å². The smallest absolute Gasteiger partial charge is 0.466 e. The van der Waals surface area contributed by atoms with Gasteiger partial charge >= 0.3 is 70.5 Å². The molecule has 30 heteroatoms. The van der Waals surface area contributed by atoms with E-state index in [1.54, 1.807) is 0 Å². The summed E-state index contributed by atoms with van der Waals surface area (Å²) in [7, 11) is -13.7. The third-order valence-electron chi connectivity index (χ3n) is 15.7. The molecule has 101 heavy (non-hydrogen) atoms. The van der Waals surface area contributed by atoms with E-state index in [0.29, 0.717) is 111 Å². The van der Waals surface area contributed by atoms with Gasteiger partial charge in [-0.3, -0.25) is 28.8 Å². The standard InChI is InChI=1S/C14H30O5Si.C13H28O5Si.C12H26O4Si.C11H24O4Si.C11H24O3Si.C10H22O3Si/c1-6-13(5)14(15)16-11-10-12-20(17-7-2,18-8-3)19-9-4;1-7-13(5,6)12(14)15-11-19(16-8-2,17-9-3)18-10-4;1-7-12(4,5)11(13)14-10-17(6,15-8-2)16-9-3;1-6-10(4)11(12)13-9-16(5,14-7-2)15-8-3;1-7-11(3,4)10(12)13-9-15(5,6)14-8-2;1-6-9(3)10(11)12-8-14(4,5)13-7-2/h13H,6-12H2,1-5H3;7-11H2,1-6H3;7-10H2,1-6H3;10H,6-9H2,1-5H3;7-9H2,1-6H3;9H,6-8H2,1-5H3. The molecule has 0 radical (unpaired) electrons. The molecule has 0 aliphatic heterocycles. The third kappa shape index (κ3) is 54.0. The zero-order chi connectivity index (χ0) is 79.8. The van der Waals surface area contributed by atoms with Crippen molar-refractivity contribution in [3.8, 4) is 0 Å². The molecule has 0 bridgehead atoms. The lowest BCUT2D eigenvalue weighted by Crippen LogP contribution is -2.52. The topological polar surface area (TPSA) is 269 Å². The highest BCUT2D eigenvalue weighted by atomic mass is 28.4. The summed E-state index contributed by atoms with van der Waals surface area (Å²) >= 11 is 0. The van der Waals surface area contributed by atoms with Crippen LogP contribution < -0.4 is 0 Å². The molecule has 0 rings (SSSR count). The van der Waals surface area contributed by atoms with E-state index >= 15 is 0 Å². The van der Waals surface area contributed by atoms with Crippen molar-refractivity contribution >= 4 is 87.2 Å². The van der Waals surface area contributed by atoms with Gasteiger partial charge in [-0.2, -0.15) is 0 Å². The van der Waals surface area contributed by atoms with Crippen LogP contribution in [0.5, 0.6) is 0 Å². The minimum atomic E-state index is -2.89. The second-order valence-electron chi connectivity index (χ2n) is 27.2. The van der Waals surface area contributed by atoms with Gasteiger partial charge in [0.05, 0.1) is 40.6 Å². The molecule has 0 N–H and O–H groups in total. The maximum absolute atomic E-state index is 12.0. The monoisotopic (exact) mass is 1560 g/mol. The molecular formula is C71H154O24Si6. The maximum Gasteiger partial charge on any atom is 0.540 e. The Kier molecular flexibility index (Phi) is 65.8. The van der Waals surface area contributed by atoms with Crippen molar-refractivity contribution in [1.82, 2.24) is 0 Å². The average molecular weight is 1560 g/mol. The maximum atomic E-state index is 12.0. The second kappa shape index (κ2) is 60.6. The van der Waals surface area contributed by atoms with E-state index < -0.39 is 62.2 Å². The molecule has 0 aliphatic rings. The molecule has 0 saturated heterocycles. The van der Waals surface area contributed by atoms with Crippen LogP contribution in [0.4, 0.5) is 0 Å². The molecule has 0 fully saturated rings. The fourth-order valence-electron chi connectivity index (χ4n) is 7.69. The van der Waals surface area contributed by atoms with Crippen molar-refractivity contribution in [3.05, 3.63) is 0 Å². The summed E-state index contributed by atoms with van der Waals surface area (Å²) in [5.74, 6) is -1.04. The first-order chi connectivity index (χ1) is 46.9. The summed E-state index contributed by atoms with van der Waals surface area (Å²) in [6.07, 6.45) is 6.92. The van der Waals surface area contributed by atoms with Gasteiger partial charge in [-0.05, 0) is 209 Å². The van der Waals surface area contributed by atoms with E-state index in [2.05, 4.69) is 26.2 Å². The van der Waals surface area contributed by atoms with Gasteiger partial charge < -0.3 is 81.5 Å². The van der Waals surface area contributed by atoms with Gasteiger partial charge in [-0.25, -0.2) is 0 Å². The van der Waals surface area contributed by atoms with Crippen molar-refractivity contribution < 1.29 is 110 Å². The van der Waals surface area contributed by atoms with Crippen LogP contribution in [0.2, 0.25) is 45.3 Å². The number of carbonyl (C=O) groups excluding carboxylic acids is 6. The van der Waals surface area contributed by atoms with Crippen LogP contribution in [0, 0.1) is 34.0 Å². The largest absolute Gasteiger partial charge is 0.540 e. The Balaban J connectivity index is -0.000000269. The lowest BCUT2D eigenvalue weighted by Gasteiger charge is -2.29. The Morgan fingerprint density at radius 1 is 0.287 bits per heavy atom. The van der Waals surface area contributed by atoms with Crippen molar-refractivity contribution in [2.24, 2.45) is 34.0 Å². The van der Waals surface area contributed by atoms with Crippen LogP contribution >= 0.6 is 0 Å². The van der Waals surface area contributed by atoms with E-state index in [-0.39, 0.29) is 77.7 Å². The normalized spacial score (nSPS) is 13.0. The Bertz CT molecular complexity index is 2060. The lowest BCUT2D eigenvalue weighted by molar-refractivity contribution is -0.154. The first-order valence-corrected chi connectivity index (χ1v) is 52.7. The average Bonchev–Trinajstić information content (AvgIpc) is 0.876. The second-order valence-corrected chi connectivity index (χ2v) is 46.9. The number of rotatable bonds is 50. The highest BCUT2D eigenvalue weighted by Gasteiger charge is 2.45. The molecule has 0 aliphatic carbocycles. The molecule has 0 aromatic rings. The minimum absolute atomic E-state index is 0.00132. The Morgan fingerprint density at radius 2 is 0.515 bits per heavy atom. The van der Waals surface area contributed by atoms with Crippen molar-refractivity contribution in [3.63, 3.8) is 0 Å². The lowest BCUT2D eigenvalue weighted by atomic mass is 9.91. The number of hydrogen-bond acceptors (Lipinski definition) is 24. The minimum Gasteiger partial charge on any atom is -0.466 e. The molecule has 0 amide bonds. The zero-order valence-corrected chi connectivity index (χ0v) is 76.4. The molecular weight excluding hydrogens is 1410 g/mol. The van der Waals surface area contributed by atoms with Crippen LogP contribution in [0.15, 0.2) is 0 Å². The third-order valence-corrected chi connectivity index (χ3v) is 30.3. The fraction of sp³-hybridized carbons (Fsp3) is 0.915. The van der Waals surface area contributed by atoms with Crippen LogP contribution in [0.1, 0.15) is 232 Å². The van der Waals surface area contributed by atoms with Gasteiger partial charge in [0.15, 0.2) is 6.23 Å². The molecule has 3 atom stereocenters. The van der Waals surface area contributed by atoms with E-state index in [0.717, 1.165) is 38.5 Å². The number of esters is 6. The van der Waals surface area contributed by atoms with Gasteiger partial charge in [0, 0.05) is 85.3 Å². The SMILES string of the molecule is CCO[Si](C)(C)COC(=O)C(C)(C)CC.CCO[Si](C)(C)COC(=O)C(C)CC.CCO[Si](C)(COC(=O)C(C)(C)CC)OCC.CCO[Si](C)(COC(=O)C(C)CC)OCC.CCO[Si](CCCOC(=O)C(C)CC)(OCC)OCC.CCO[Si](COC(=O)C(C)(C)CC)(OCC)OCC. The van der Waals surface area contributed by atoms with Crippen LogP contribution in [-0.2, 0) is 110 Å². The molecule has 606 valence electrons. The molecule has 0 saturated carbocycles. The van der Waals surface area contributed by atoms with Gasteiger partial charge in [0.1, 0.15) is 24.9 Å². The van der Waals surface area contributed by atoms with E-state index in [1.807, 2.05) is 200 Å². The van der Waals surface area contributed by atoms with Crippen molar-refractivity contribution in [2.75, 3.05) is 117 Å². The summed E-state index contributed by atoms with van der Waals surface area (Å²) in [5, 5.41) is 0. The molecule has 0 spiro atoms. The predicted octanol–water partition coefficient (Wildman–Crippen LogP) is 15.6. The summed E-state index contributed by atoms with van der Waals surface area (Å²) in [6, 6.07) is 0.677. The predicted molar refractivity (Wildman–Crippen MR) is 415 cm³/mol. The molecule has 24 nitrogen and oxygen atoms in total. The van der Waals surface area contributed by atoms with E-state index in [4.69, 9.17) is 81.5 Å². The summed E-state index contributed by atoms with van der Waals surface area (Å²) in [4.78, 5) is 70.0. The Morgan fingerprint density at radius 3 is 0.782 bits per heavy atom. The highest BCUT2D eigenvalue weighted by Crippen LogP contribution is 2.26. The molecule has 0 heterocycles. The number of hydrogen-bond donors (Lipinski definition) is 0. The van der Waals surface area contributed by atoms with Gasteiger partial charge in [-0.15, -0.1) is 0 Å². The van der Waals surface area contributed by atoms with Crippen LogP contribution in [-0.4, -0.2) is 204 Å². The van der Waals surface area contributed by atoms with Gasteiger partial charge in [0.2, 0.25) is 16.6 Å². The quantitative estimate of drug-likeness (QED) is 0.0237. The summed E-state index contributed by atoms with van der Waals surface area (Å²) in [5.41, 5.74) is -1.31. The number of ether oxygens (including phenoxy) is 6. The Labute approximate surface area is 622 Å². The molecule has 0 aromatic carbocycles. The zero-order valence-electron chi connectivity index (χ0n) is 70.4. The first-order valence-electron chi connectivity index (χ1n) is 37.6. The van der Waals surface area contributed by atoms with Gasteiger partial charge in [-0.1, -0.05) is 62.3 Å². The van der Waals surface area contributed by atoms with Crippen LogP contribution in [0.25, 0.3) is 0 Å².